The van der Waals surface area contributed by atoms with Gasteiger partial charge in [-0.3, -0.25) is 0 Å². The second kappa shape index (κ2) is 11.0. The highest BCUT2D eigenvalue weighted by Gasteiger charge is 2.15. The molecule has 0 N–H and O–H groups in total. The van der Waals surface area contributed by atoms with Crippen LogP contribution in [0.1, 0.15) is 58.9 Å². The van der Waals surface area contributed by atoms with Gasteiger partial charge >= 0.3 is 0 Å². The number of anilines is 1. The van der Waals surface area contributed by atoms with Crippen LogP contribution in [-0.4, -0.2) is 13.1 Å². The van der Waals surface area contributed by atoms with Crippen molar-refractivity contribution in [2.24, 2.45) is 11.8 Å². The molecule has 1 aromatic rings. The third-order valence-electron chi connectivity index (χ3n) is 4.67. The van der Waals surface area contributed by atoms with E-state index < -0.39 is 0 Å². The maximum Gasteiger partial charge on any atom is 0.0366 e. The maximum absolute atomic E-state index is 2.62. The maximum atomic E-state index is 2.62. The highest BCUT2D eigenvalue weighted by molar-refractivity contribution is 5.85. The molecule has 0 saturated heterocycles. The molecule has 0 unspecified atom stereocenters. The first-order valence-corrected chi connectivity index (χ1v) is 8.46. The van der Waals surface area contributed by atoms with Crippen LogP contribution < -0.4 is 4.90 Å². The molecule has 0 aliphatic heterocycles. The van der Waals surface area contributed by atoms with Gasteiger partial charge in [0.15, 0.2) is 0 Å². The number of halogens is 1. The van der Waals surface area contributed by atoms with Gasteiger partial charge in [0.05, 0.1) is 0 Å². The van der Waals surface area contributed by atoms with Crippen molar-refractivity contribution in [1.29, 1.82) is 0 Å². The van der Waals surface area contributed by atoms with Crippen molar-refractivity contribution >= 4 is 18.1 Å². The molecule has 0 saturated carbocycles. The molecule has 1 aromatic carbocycles. The summed E-state index contributed by atoms with van der Waals surface area (Å²) < 4.78 is 0. The molecule has 0 spiro atoms. The molecule has 0 radical (unpaired) electrons. The van der Waals surface area contributed by atoms with E-state index >= 15 is 0 Å². The van der Waals surface area contributed by atoms with E-state index in [1.54, 1.807) is 0 Å². The SMILES string of the molecule is CCC(CC)CN(CC(CC)CC)c1ccc(C)cc1.Cl. The number of hydrogen-bond donors (Lipinski definition) is 0. The fourth-order valence-electron chi connectivity index (χ4n) is 2.76. The molecule has 21 heavy (non-hydrogen) atoms. The van der Waals surface area contributed by atoms with E-state index in [-0.39, 0.29) is 12.4 Å². The normalized spacial score (nSPS) is 10.8. The second-order valence-electron chi connectivity index (χ2n) is 6.11. The Kier molecular flexibility index (Phi) is 10.6. The summed E-state index contributed by atoms with van der Waals surface area (Å²) in [4.78, 5) is 2.62. The molecule has 0 aliphatic rings. The van der Waals surface area contributed by atoms with Gasteiger partial charge in [-0.05, 0) is 30.9 Å². The van der Waals surface area contributed by atoms with E-state index in [1.165, 1.54) is 50.0 Å². The quantitative estimate of drug-likeness (QED) is 0.533. The van der Waals surface area contributed by atoms with Crippen LogP contribution in [-0.2, 0) is 0 Å². The Morgan fingerprint density at radius 3 is 1.48 bits per heavy atom. The lowest BCUT2D eigenvalue weighted by molar-refractivity contribution is 0.434. The fraction of sp³-hybridized carbons (Fsp3) is 0.684. The van der Waals surface area contributed by atoms with Crippen molar-refractivity contribution in [2.45, 2.75) is 60.3 Å². The summed E-state index contributed by atoms with van der Waals surface area (Å²) in [6, 6.07) is 9.06. The number of nitrogens with zero attached hydrogens (tertiary/aromatic N) is 1. The molecule has 0 heterocycles. The minimum Gasteiger partial charge on any atom is -0.371 e. The van der Waals surface area contributed by atoms with Crippen LogP contribution in [0.3, 0.4) is 0 Å². The third kappa shape index (κ3) is 6.74. The average Bonchev–Trinajstić information content (AvgIpc) is 2.49. The van der Waals surface area contributed by atoms with Crippen LogP contribution in [0.4, 0.5) is 5.69 Å². The number of hydrogen-bond acceptors (Lipinski definition) is 1. The molecular formula is C19H34ClN. The predicted octanol–water partition coefficient (Wildman–Crippen LogP) is 6.10. The van der Waals surface area contributed by atoms with Gasteiger partial charge in [0.1, 0.15) is 0 Å². The highest BCUT2D eigenvalue weighted by Crippen LogP contribution is 2.22. The molecule has 1 nitrogen and oxygen atoms in total. The van der Waals surface area contributed by atoms with E-state index in [9.17, 15) is 0 Å². The van der Waals surface area contributed by atoms with E-state index in [0.717, 1.165) is 11.8 Å². The molecule has 122 valence electrons. The first-order chi connectivity index (χ1) is 9.64. The lowest BCUT2D eigenvalue weighted by Gasteiger charge is -2.32. The summed E-state index contributed by atoms with van der Waals surface area (Å²) in [5.74, 6) is 1.62. The largest absolute Gasteiger partial charge is 0.371 e. The van der Waals surface area contributed by atoms with Gasteiger partial charge in [0.2, 0.25) is 0 Å². The van der Waals surface area contributed by atoms with Gasteiger partial charge in [-0.15, -0.1) is 12.4 Å². The Morgan fingerprint density at radius 1 is 0.762 bits per heavy atom. The van der Waals surface area contributed by atoms with Crippen LogP contribution in [0.2, 0.25) is 0 Å². The minimum absolute atomic E-state index is 0. The van der Waals surface area contributed by atoms with Gasteiger partial charge in [0.25, 0.3) is 0 Å². The summed E-state index contributed by atoms with van der Waals surface area (Å²) >= 11 is 0. The summed E-state index contributed by atoms with van der Waals surface area (Å²) in [7, 11) is 0. The second-order valence-corrected chi connectivity index (χ2v) is 6.11. The van der Waals surface area contributed by atoms with Crippen molar-refractivity contribution in [2.75, 3.05) is 18.0 Å². The summed E-state index contributed by atoms with van der Waals surface area (Å²) in [5.41, 5.74) is 2.74. The van der Waals surface area contributed by atoms with E-state index in [4.69, 9.17) is 0 Å². The molecule has 2 heteroatoms. The zero-order valence-electron chi connectivity index (χ0n) is 14.6. The van der Waals surface area contributed by atoms with Gasteiger partial charge in [0, 0.05) is 18.8 Å². The van der Waals surface area contributed by atoms with Crippen molar-refractivity contribution in [1.82, 2.24) is 0 Å². The molecular weight excluding hydrogens is 278 g/mol. The Bertz CT molecular complexity index is 338. The molecule has 0 aliphatic carbocycles. The zero-order chi connectivity index (χ0) is 15.0. The van der Waals surface area contributed by atoms with Gasteiger partial charge in [-0.1, -0.05) is 71.1 Å². The molecule has 0 atom stereocenters. The fourth-order valence-corrected chi connectivity index (χ4v) is 2.76. The summed E-state index contributed by atoms with van der Waals surface area (Å²) in [5, 5.41) is 0. The van der Waals surface area contributed by atoms with Crippen LogP contribution in [0.5, 0.6) is 0 Å². The number of aryl methyl sites for hydroxylation is 1. The molecule has 0 amide bonds. The van der Waals surface area contributed by atoms with Crippen LogP contribution in [0.25, 0.3) is 0 Å². The Balaban J connectivity index is 0.00000400. The minimum atomic E-state index is 0. The number of rotatable bonds is 9. The smallest absolute Gasteiger partial charge is 0.0366 e. The van der Waals surface area contributed by atoms with Crippen molar-refractivity contribution in [3.8, 4) is 0 Å². The lowest BCUT2D eigenvalue weighted by atomic mass is 9.99. The average molecular weight is 312 g/mol. The van der Waals surface area contributed by atoms with Gasteiger partial charge in [-0.25, -0.2) is 0 Å². The molecule has 0 aromatic heterocycles. The zero-order valence-corrected chi connectivity index (χ0v) is 15.4. The third-order valence-corrected chi connectivity index (χ3v) is 4.67. The Morgan fingerprint density at radius 2 is 1.14 bits per heavy atom. The lowest BCUT2D eigenvalue weighted by Crippen LogP contribution is -2.33. The van der Waals surface area contributed by atoms with Crippen molar-refractivity contribution in [3.05, 3.63) is 29.8 Å². The standard InChI is InChI=1S/C19H33N.ClH/c1-6-17(7-2)14-20(15-18(8-3)9-4)19-12-10-16(5)11-13-19;/h10-13,17-18H,6-9,14-15H2,1-5H3;1H. The van der Waals surface area contributed by atoms with Crippen LogP contribution in [0, 0.1) is 18.8 Å². The Labute approximate surface area is 138 Å². The molecule has 1 rings (SSSR count). The molecule has 0 bridgehead atoms. The van der Waals surface area contributed by atoms with E-state index in [2.05, 4.69) is 63.8 Å². The highest BCUT2D eigenvalue weighted by atomic mass is 35.5. The first kappa shape index (κ1) is 20.3. The number of benzene rings is 1. The van der Waals surface area contributed by atoms with Crippen molar-refractivity contribution in [3.63, 3.8) is 0 Å². The van der Waals surface area contributed by atoms with Gasteiger partial charge < -0.3 is 4.90 Å². The van der Waals surface area contributed by atoms with Crippen molar-refractivity contribution < 1.29 is 0 Å². The Hall–Kier alpha value is -0.690. The van der Waals surface area contributed by atoms with E-state index in [1.807, 2.05) is 0 Å². The molecule has 0 fully saturated rings. The van der Waals surface area contributed by atoms with Crippen LogP contribution in [0.15, 0.2) is 24.3 Å². The summed E-state index contributed by atoms with van der Waals surface area (Å²) in [6.45, 7) is 13.8. The van der Waals surface area contributed by atoms with E-state index in [0.29, 0.717) is 0 Å². The van der Waals surface area contributed by atoms with Crippen LogP contribution >= 0.6 is 12.4 Å². The monoisotopic (exact) mass is 311 g/mol. The predicted molar refractivity (Wildman–Crippen MR) is 98.8 cm³/mol. The van der Waals surface area contributed by atoms with Gasteiger partial charge in [-0.2, -0.15) is 0 Å². The summed E-state index contributed by atoms with van der Waals surface area (Å²) in [6.07, 6.45) is 5.12. The topological polar surface area (TPSA) is 3.24 Å². The first-order valence-electron chi connectivity index (χ1n) is 8.46.